The van der Waals surface area contributed by atoms with E-state index in [1.54, 1.807) is 0 Å². The highest BCUT2D eigenvalue weighted by Crippen LogP contribution is 2.66. The second kappa shape index (κ2) is 7.95. The molecular formula is C23H33ClO4. The number of alkyl halides is 1. The normalized spacial score (nSPS) is 41.7. The average molecular weight is 409 g/mol. The highest BCUT2D eigenvalue weighted by atomic mass is 35.5. The van der Waals surface area contributed by atoms with Crippen molar-refractivity contribution < 1.29 is 19.8 Å². The summed E-state index contributed by atoms with van der Waals surface area (Å²) in [6.07, 6.45) is 9.73. The Kier molecular flexibility index (Phi) is 6.12. The number of carboxylic acid groups (broad SMARTS) is 1. The molecule has 4 aliphatic rings. The summed E-state index contributed by atoms with van der Waals surface area (Å²) in [7, 11) is 0. The molecule has 0 aromatic rings. The molecule has 28 heavy (non-hydrogen) atoms. The fraction of sp³-hybridized carbons (Fsp3) is 0.739. The summed E-state index contributed by atoms with van der Waals surface area (Å²) in [5.41, 5.74) is 4.14. The second-order valence-electron chi connectivity index (χ2n) is 9.63. The van der Waals surface area contributed by atoms with E-state index >= 15 is 0 Å². The van der Waals surface area contributed by atoms with Gasteiger partial charge in [-0.3, -0.25) is 9.59 Å². The van der Waals surface area contributed by atoms with Crippen molar-refractivity contribution in [2.45, 2.75) is 71.8 Å². The molecule has 0 heterocycles. The molecule has 0 saturated heterocycles. The Morgan fingerprint density at radius 1 is 1.21 bits per heavy atom. The molecule has 4 nitrogen and oxygen atoms in total. The van der Waals surface area contributed by atoms with Crippen LogP contribution in [0.2, 0.25) is 0 Å². The second-order valence-corrected chi connectivity index (χ2v) is 9.90. The SMILES string of the molecule is CC1=C(C(=O)CCl)[C@@]2(C)CC[C@H]3[C@@H](CC=C4C[C@@H](O)CC[C@@]43C)[C@@H]2C1.O=CO. The van der Waals surface area contributed by atoms with E-state index in [0.29, 0.717) is 17.8 Å². The molecule has 6 atom stereocenters. The van der Waals surface area contributed by atoms with E-state index in [9.17, 15) is 9.90 Å². The Hall–Kier alpha value is -1.13. The van der Waals surface area contributed by atoms with Gasteiger partial charge in [-0.15, -0.1) is 11.6 Å². The van der Waals surface area contributed by atoms with Crippen molar-refractivity contribution in [1.82, 2.24) is 0 Å². The number of carbonyl (C=O) groups is 2. The monoisotopic (exact) mass is 408 g/mol. The Balaban J connectivity index is 0.000000706. The van der Waals surface area contributed by atoms with Crippen molar-refractivity contribution in [3.05, 3.63) is 22.8 Å². The van der Waals surface area contributed by atoms with Crippen LogP contribution >= 0.6 is 11.6 Å². The number of carbonyl (C=O) groups excluding carboxylic acids is 1. The molecule has 4 aliphatic carbocycles. The first-order chi connectivity index (χ1) is 13.2. The number of ketones is 1. The minimum absolute atomic E-state index is 0.0209. The molecule has 0 unspecified atom stereocenters. The van der Waals surface area contributed by atoms with E-state index in [2.05, 4.69) is 26.8 Å². The van der Waals surface area contributed by atoms with Crippen molar-refractivity contribution in [1.29, 1.82) is 0 Å². The number of halogens is 1. The van der Waals surface area contributed by atoms with Gasteiger partial charge in [0.05, 0.1) is 12.0 Å². The molecule has 0 radical (unpaired) electrons. The predicted octanol–water partition coefficient (Wildman–Crippen LogP) is 4.75. The lowest BCUT2D eigenvalue weighted by molar-refractivity contribution is -0.123. The van der Waals surface area contributed by atoms with E-state index in [0.717, 1.165) is 44.1 Å². The summed E-state index contributed by atoms with van der Waals surface area (Å²) < 4.78 is 0. The minimum Gasteiger partial charge on any atom is -0.483 e. The maximum atomic E-state index is 12.5. The van der Waals surface area contributed by atoms with Gasteiger partial charge >= 0.3 is 0 Å². The zero-order valence-corrected chi connectivity index (χ0v) is 18.0. The summed E-state index contributed by atoms with van der Waals surface area (Å²) in [6.45, 7) is 6.68. The fourth-order valence-electron chi connectivity index (χ4n) is 7.19. The van der Waals surface area contributed by atoms with Gasteiger partial charge in [0, 0.05) is 5.57 Å². The number of rotatable bonds is 2. The predicted molar refractivity (Wildman–Crippen MR) is 110 cm³/mol. The van der Waals surface area contributed by atoms with Crippen LogP contribution in [0.5, 0.6) is 0 Å². The third-order valence-electron chi connectivity index (χ3n) is 8.39. The van der Waals surface area contributed by atoms with Gasteiger partial charge in [0.15, 0.2) is 5.78 Å². The lowest BCUT2D eigenvalue weighted by atomic mass is 9.47. The molecule has 156 valence electrons. The molecule has 2 fully saturated rings. The summed E-state index contributed by atoms with van der Waals surface area (Å²) >= 11 is 5.94. The van der Waals surface area contributed by atoms with Gasteiger partial charge < -0.3 is 10.2 Å². The number of Topliss-reactive ketones (excluding diaryl/α,β-unsaturated/α-hetero) is 1. The topological polar surface area (TPSA) is 74.6 Å². The maximum absolute atomic E-state index is 12.5. The third kappa shape index (κ3) is 3.27. The Morgan fingerprint density at radius 3 is 2.50 bits per heavy atom. The Bertz CT molecular complexity index is 711. The minimum atomic E-state index is -0.250. The van der Waals surface area contributed by atoms with E-state index in [1.807, 2.05) is 0 Å². The van der Waals surface area contributed by atoms with Crippen molar-refractivity contribution >= 4 is 23.9 Å². The molecular weight excluding hydrogens is 376 g/mol. The van der Waals surface area contributed by atoms with Crippen LogP contribution in [-0.4, -0.2) is 34.5 Å². The average Bonchev–Trinajstić information content (AvgIpc) is 2.92. The summed E-state index contributed by atoms with van der Waals surface area (Å²) in [5.74, 6) is 2.22. The summed E-state index contributed by atoms with van der Waals surface area (Å²) in [6, 6.07) is 0. The van der Waals surface area contributed by atoms with E-state index in [-0.39, 0.29) is 35.1 Å². The highest BCUT2D eigenvalue weighted by molar-refractivity contribution is 6.30. The van der Waals surface area contributed by atoms with Crippen LogP contribution in [0.1, 0.15) is 65.7 Å². The first kappa shape index (κ1) is 21.6. The lowest BCUT2D eigenvalue weighted by Gasteiger charge is -2.57. The number of fused-ring (bicyclic) bond motifs is 5. The molecule has 4 rings (SSSR count). The fourth-order valence-corrected chi connectivity index (χ4v) is 7.33. The van der Waals surface area contributed by atoms with Gasteiger partial charge in [-0.2, -0.15) is 0 Å². The smallest absolute Gasteiger partial charge is 0.290 e. The van der Waals surface area contributed by atoms with Crippen LogP contribution in [0.25, 0.3) is 0 Å². The van der Waals surface area contributed by atoms with Crippen LogP contribution in [0, 0.1) is 28.6 Å². The van der Waals surface area contributed by atoms with Crippen LogP contribution in [0.4, 0.5) is 0 Å². The van der Waals surface area contributed by atoms with Gasteiger partial charge in [-0.25, -0.2) is 0 Å². The molecule has 5 heteroatoms. The van der Waals surface area contributed by atoms with Crippen molar-refractivity contribution in [2.75, 3.05) is 5.88 Å². The number of aliphatic hydroxyl groups excluding tert-OH is 1. The van der Waals surface area contributed by atoms with Crippen molar-refractivity contribution in [3.63, 3.8) is 0 Å². The number of allylic oxidation sites excluding steroid dienone is 3. The summed E-state index contributed by atoms with van der Waals surface area (Å²) in [4.78, 5) is 20.9. The zero-order chi connectivity index (χ0) is 20.7. The highest BCUT2D eigenvalue weighted by Gasteiger charge is 2.58. The number of hydrogen-bond acceptors (Lipinski definition) is 3. The molecule has 0 spiro atoms. The van der Waals surface area contributed by atoms with Crippen LogP contribution in [0.15, 0.2) is 22.8 Å². The Labute approximate surface area is 173 Å². The van der Waals surface area contributed by atoms with Crippen LogP contribution < -0.4 is 0 Å². The molecule has 2 saturated carbocycles. The summed E-state index contributed by atoms with van der Waals surface area (Å²) in [5, 5.41) is 17.0. The first-order valence-corrected chi connectivity index (χ1v) is 11.0. The molecule has 0 aromatic carbocycles. The third-order valence-corrected chi connectivity index (χ3v) is 8.63. The zero-order valence-electron chi connectivity index (χ0n) is 17.2. The van der Waals surface area contributed by atoms with Crippen LogP contribution in [-0.2, 0) is 9.59 Å². The lowest BCUT2D eigenvalue weighted by Crippen LogP contribution is -2.50. The maximum Gasteiger partial charge on any atom is 0.290 e. The van der Waals surface area contributed by atoms with E-state index in [4.69, 9.17) is 21.5 Å². The number of aliphatic hydroxyl groups is 1. The molecule has 0 bridgehead atoms. The molecule has 0 aliphatic heterocycles. The van der Waals surface area contributed by atoms with Crippen molar-refractivity contribution in [2.24, 2.45) is 28.6 Å². The van der Waals surface area contributed by atoms with Crippen molar-refractivity contribution in [3.8, 4) is 0 Å². The van der Waals surface area contributed by atoms with Gasteiger partial charge in [-0.05, 0) is 80.5 Å². The molecule has 0 aromatic heterocycles. The van der Waals surface area contributed by atoms with E-state index in [1.165, 1.54) is 17.6 Å². The standard InChI is InChI=1S/C22H31ClO2.CH2O2/c1-13-10-18-16-5-4-14-11-15(24)6-8-21(14,2)17(16)7-9-22(18,3)20(13)19(25)12-23;2-1-3/h4,15-18,24H,5-12H2,1-3H3;1H,(H,2,3)/t15-,16+,17-,18-,21-,22-;/m0./s1. The molecule has 0 amide bonds. The largest absolute Gasteiger partial charge is 0.483 e. The number of hydrogen-bond donors (Lipinski definition) is 2. The molecule has 2 N–H and O–H groups in total. The quantitative estimate of drug-likeness (QED) is 0.393. The van der Waals surface area contributed by atoms with Gasteiger partial charge in [-0.1, -0.05) is 31.1 Å². The van der Waals surface area contributed by atoms with Gasteiger partial charge in [0.25, 0.3) is 6.47 Å². The van der Waals surface area contributed by atoms with Gasteiger partial charge in [0.1, 0.15) is 0 Å². The van der Waals surface area contributed by atoms with E-state index < -0.39 is 0 Å². The Morgan fingerprint density at radius 2 is 1.86 bits per heavy atom. The first-order valence-electron chi connectivity index (χ1n) is 10.5. The van der Waals surface area contributed by atoms with Gasteiger partial charge in [0.2, 0.25) is 0 Å². The van der Waals surface area contributed by atoms with Crippen LogP contribution in [0.3, 0.4) is 0 Å².